The topological polar surface area (TPSA) is 92.4 Å². The molecule has 0 aromatic carbocycles. The maximum Gasteiger partial charge on any atom is 0.316 e. The fraction of sp³-hybridized carbons (Fsp3) is 0.714. The Morgan fingerprint density at radius 3 is 2.62 bits per heavy atom. The van der Waals surface area contributed by atoms with Crippen molar-refractivity contribution in [1.29, 1.82) is 0 Å². The largest absolute Gasteiger partial charge is 0.481 e. The Labute approximate surface area is 79.0 Å². The van der Waals surface area contributed by atoms with Crippen LogP contribution < -0.4 is 10.6 Å². The first kappa shape index (κ1) is 12.3. The number of hydrogen-bond acceptors (Lipinski definition) is 3. The van der Waals surface area contributed by atoms with Gasteiger partial charge in [0.25, 0.3) is 0 Å². The average molecular weight is 206 g/mol. The van der Waals surface area contributed by atoms with Crippen molar-refractivity contribution in [2.75, 3.05) is 0 Å². The van der Waals surface area contributed by atoms with E-state index in [1.54, 1.807) is 0 Å². The highest BCUT2D eigenvalue weighted by Crippen LogP contribution is 2.10. The lowest BCUT2D eigenvalue weighted by molar-refractivity contribution is -0.146. The SMILES string of the molecule is CCCCC(C(=O)O)C(=O)NPN. The molecule has 0 aliphatic heterocycles. The first-order chi connectivity index (χ1) is 6.13. The van der Waals surface area contributed by atoms with Crippen LogP contribution in [0.4, 0.5) is 0 Å². The molecule has 0 aliphatic rings. The zero-order valence-electron chi connectivity index (χ0n) is 7.54. The van der Waals surface area contributed by atoms with Gasteiger partial charge in [0.1, 0.15) is 5.92 Å². The number of unbranched alkanes of at least 4 members (excludes halogenated alkanes) is 1. The van der Waals surface area contributed by atoms with Gasteiger partial charge in [0.15, 0.2) is 0 Å². The summed E-state index contributed by atoms with van der Waals surface area (Å²) in [6.07, 6.45) is 1.99. The minimum Gasteiger partial charge on any atom is -0.481 e. The van der Waals surface area contributed by atoms with E-state index in [1.165, 1.54) is 0 Å². The molecule has 76 valence electrons. The molecule has 2 atom stereocenters. The number of amides is 1. The molecular formula is C7H15N2O3P. The number of rotatable bonds is 6. The third-order valence-corrected chi connectivity index (χ3v) is 2.05. The van der Waals surface area contributed by atoms with Crippen molar-refractivity contribution in [2.24, 2.45) is 11.4 Å². The van der Waals surface area contributed by atoms with Crippen LogP contribution in [0.5, 0.6) is 0 Å². The fourth-order valence-corrected chi connectivity index (χ4v) is 1.25. The van der Waals surface area contributed by atoms with E-state index in [4.69, 9.17) is 10.6 Å². The number of carbonyl (C=O) groups is 2. The predicted octanol–water partition coefficient (Wildman–Crippen LogP) is 0.461. The number of hydrogen-bond donors (Lipinski definition) is 3. The number of carboxylic acid groups (broad SMARTS) is 1. The van der Waals surface area contributed by atoms with Crippen LogP contribution in [0.25, 0.3) is 0 Å². The van der Waals surface area contributed by atoms with Crippen LogP contribution in [0.2, 0.25) is 0 Å². The summed E-state index contributed by atoms with van der Waals surface area (Å²) in [5, 5.41) is 11.0. The molecule has 0 aromatic heterocycles. The number of nitrogens with one attached hydrogen (secondary N) is 1. The highest BCUT2D eigenvalue weighted by molar-refractivity contribution is 7.33. The molecule has 0 bridgehead atoms. The Morgan fingerprint density at radius 2 is 2.23 bits per heavy atom. The normalized spacial score (nSPS) is 13.1. The van der Waals surface area contributed by atoms with E-state index in [2.05, 4.69) is 5.09 Å². The van der Waals surface area contributed by atoms with Crippen LogP contribution >= 0.6 is 8.88 Å². The van der Waals surface area contributed by atoms with Crippen molar-refractivity contribution in [3.05, 3.63) is 0 Å². The molecule has 4 N–H and O–H groups in total. The Bertz CT molecular complexity index is 187. The zero-order valence-corrected chi connectivity index (χ0v) is 8.54. The van der Waals surface area contributed by atoms with Gasteiger partial charge in [0, 0.05) is 8.88 Å². The molecule has 13 heavy (non-hydrogen) atoms. The first-order valence-corrected chi connectivity index (χ1v) is 5.19. The second kappa shape index (κ2) is 6.80. The molecule has 5 nitrogen and oxygen atoms in total. The van der Waals surface area contributed by atoms with E-state index < -0.39 is 17.8 Å². The van der Waals surface area contributed by atoms with Crippen molar-refractivity contribution in [3.8, 4) is 0 Å². The molecule has 0 saturated carbocycles. The van der Waals surface area contributed by atoms with Gasteiger partial charge in [-0.3, -0.25) is 15.1 Å². The van der Waals surface area contributed by atoms with Crippen molar-refractivity contribution < 1.29 is 14.7 Å². The summed E-state index contributed by atoms with van der Waals surface area (Å²) < 4.78 is 0. The average Bonchev–Trinajstić information content (AvgIpc) is 2.05. The van der Waals surface area contributed by atoms with Crippen LogP contribution in [0.3, 0.4) is 0 Å². The molecule has 2 unspecified atom stereocenters. The van der Waals surface area contributed by atoms with Crippen molar-refractivity contribution in [3.63, 3.8) is 0 Å². The molecule has 0 fully saturated rings. The lowest BCUT2D eigenvalue weighted by Crippen LogP contribution is -2.31. The summed E-state index contributed by atoms with van der Waals surface area (Å²) in [6, 6.07) is 0. The number of carboxylic acids is 1. The minimum absolute atomic E-state index is 0.234. The molecule has 0 aliphatic carbocycles. The Balaban J connectivity index is 4.07. The third-order valence-electron chi connectivity index (χ3n) is 1.66. The Kier molecular flexibility index (Phi) is 6.45. The molecule has 6 heteroatoms. The first-order valence-electron chi connectivity index (χ1n) is 4.11. The van der Waals surface area contributed by atoms with Crippen LogP contribution in [-0.4, -0.2) is 17.0 Å². The van der Waals surface area contributed by atoms with Crippen LogP contribution in [0.15, 0.2) is 0 Å². The zero-order chi connectivity index (χ0) is 10.3. The van der Waals surface area contributed by atoms with Crippen LogP contribution in [0.1, 0.15) is 26.2 Å². The maximum atomic E-state index is 11.1. The fourth-order valence-electron chi connectivity index (χ4n) is 0.933. The Morgan fingerprint density at radius 1 is 1.62 bits per heavy atom. The molecular weight excluding hydrogens is 191 g/mol. The van der Waals surface area contributed by atoms with Gasteiger partial charge in [-0.05, 0) is 6.42 Å². The van der Waals surface area contributed by atoms with Gasteiger partial charge in [-0.15, -0.1) is 0 Å². The standard InChI is InChI=1S/C7H15N2O3P/c1-2-3-4-5(7(11)12)6(10)9-13-8/h5,13H,2-4,8H2,1H3,(H,9,10)(H,11,12). The summed E-state index contributed by atoms with van der Waals surface area (Å²) in [7, 11) is -0.234. The van der Waals surface area contributed by atoms with Gasteiger partial charge in [0.05, 0.1) is 0 Å². The summed E-state index contributed by atoms with van der Waals surface area (Å²) in [4.78, 5) is 21.7. The lowest BCUT2D eigenvalue weighted by Gasteiger charge is -2.10. The summed E-state index contributed by atoms with van der Waals surface area (Å²) in [6.45, 7) is 1.95. The van der Waals surface area contributed by atoms with E-state index in [0.717, 1.165) is 12.8 Å². The van der Waals surface area contributed by atoms with E-state index >= 15 is 0 Å². The molecule has 0 saturated heterocycles. The molecule has 0 radical (unpaired) electrons. The van der Waals surface area contributed by atoms with Gasteiger partial charge in [-0.1, -0.05) is 19.8 Å². The quantitative estimate of drug-likeness (QED) is 0.435. The third kappa shape index (κ3) is 4.80. The van der Waals surface area contributed by atoms with E-state index in [1.807, 2.05) is 6.92 Å². The second-order valence-corrected chi connectivity index (χ2v) is 3.21. The molecule has 0 rings (SSSR count). The highest BCUT2D eigenvalue weighted by Gasteiger charge is 2.24. The maximum absolute atomic E-state index is 11.1. The monoisotopic (exact) mass is 206 g/mol. The van der Waals surface area contributed by atoms with Gasteiger partial charge >= 0.3 is 5.97 Å². The van der Waals surface area contributed by atoms with E-state index in [-0.39, 0.29) is 8.88 Å². The van der Waals surface area contributed by atoms with Gasteiger partial charge in [-0.25, -0.2) is 0 Å². The van der Waals surface area contributed by atoms with Crippen molar-refractivity contribution in [1.82, 2.24) is 5.09 Å². The second-order valence-electron chi connectivity index (χ2n) is 2.67. The Hall–Kier alpha value is -0.670. The van der Waals surface area contributed by atoms with E-state index in [9.17, 15) is 9.59 Å². The molecule has 0 aromatic rings. The molecule has 0 spiro atoms. The summed E-state index contributed by atoms with van der Waals surface area (Å²) in [5.41, 5.74) is 5.10. The van der Waals surface area contributed by atoms with E-state index in [0.29, 0.717) is 6.42 Å². The smallest absolute Gasteiger partial charge is 0.316 e. The van der Waals surface area contributed by atoms with Crippen molar-refractivity contribution in [2.45, 2.75) is 26.2 Å². The van der Waals surface area contributed by atoms with Crippen LogP contribution in [-0.2, 0) is 9.59 Å². The van der Waals surface area contributed by atoms with Gasteiger partial charge < -0.3 is 10.2 Å². The number of nitrogens with two attached hydrogens (primary N) is 1. The summed E-state index contributed by atoms with van der Waals surface area (Å²) >= 11 is 0. The van der Waals surface area contributed by atoms with Gasteiger partial charge in [-0.2, -0.15) is 0 Å². The molecule has 1 amide bonds. The minimum atomic E-state index is -1.08. The molecule has 0 heterocycles. The lowest BCUT2D eigenvalue weighted by atomic mass is 10.0. The number of aliphatic carboxylic acids is 1. The summed E-state index contributed by atoms with van der Waals surface area (Å²) in [5.74, 6) is -2.51. The highest BCUT2D eigenvalue weighted by atomic mass is 31.1. The van der Waals surface area contributed by atoms with Gasteiger partial charge in [0.2, 0.25) is 5.91 Å². The van der Waals surface area contributed by atoms with Crippen LogP contribution in [0, 0.1) is 5.92 Å². The number of carbonyl (C=O) groups excluding carboxylic acids is 1. The van der Waals surface area contributed by atoms with Crippen molar-refractivity contribution >= 4 is 20.8 Å². The predicted molar refractivity (Wildman–Crippen MR) is 51.3 cm³/mol.